The number of aromatic amines is 1. The van der Waals surface area contributed by atoms with E-state index in [1.807, 2.05) is 55.5 Å². The van der Waals surface area contributed by atoms with Gasteiger partial charge in [0.05, 0.1) is 5.69 Å². The van der Waals surface area contributed by atoms with E-state index in [2.05, 4.69) is 14.7 Å². The maximum absolute atomic E-state index is 14.4. The summed E-state index contributed by atoms with van der Waals surface area (Å²) in [4.78, 5) is 45.4. The predicted octanol–water partition coefficient (Wildman–Crippen LogP) is 4.70. The van der Waals surface area contributed by atoms with Crippen molar-refractivity contribution in [3.63, 3.8) is 0 Å². The van der Waals surface area contributed by atoms with Crippen molar-refractivity contribution in [2.75, 3.05) is 10.6 Å². The first-order valence-electron chi connectivity index (χ1n) is 13.2. The largest absolute Gasteiger partial charge is 0.395 e. The molecule has 6 N–H and O–H groups in total. The van der Waals surface area contributed by atoms with Crippen LogP contribution < -0.4 is 21.7 Å². The average molecular weight is 545 g/mol. The van der Waals surface area contributed by atoms with Gasteiger partial charge >= 0.3 is 0 Å². The van der Waals surface area contributed by atoms with Gasteiger partial charge in [0.25, 0.3) is 11.8 Å². The van der Waals surface area contributed by atoms with Gasteiger partial charge in [0.1, 0.15) is 10.9 Å². The van der Waals surface area contributed by atoms with E-state index in [0.29, 0.717) is 17.7 Å². The first-order chi connectivity index (χ1) is 18.9. The molecule has 2 aromatic carbocycles. The maximum Gasteiger partial charge on any atom is 0.273 e. The maximum atomic E-state index is 14.4. The number of aryl methyl sites for hydroxylation is 1. The minimum absolute atomic E-state index is 0.0345. The number of hydrogen-bond donors (Lipinski definition) is 4. The van der Waals surface area contributed by atoms with Gasteiger partial charge in [-0.3, -0.25) is 19.3 Å². The second-order valence-electron chi connectivity index (χ2n) is 9.83. The summed E-state index contributed by atoms with van der Waals surface area (Å²) in [5, 5.41) is 4.08. The number of nitrogens with two attached hydrogens (primary N) is 2. The normalized spacial score (nSPS) is 14.7. The summed E-state index contributed by atoms with van der Waals surface area (Å²) in [6, 6.07) is 14.2. The number of nitrogens with zero attached hydrogens (tertiary/aromatic N) is 2. The number of carbonyl (C=O) groups excluding carboxylic acids is 3. The molecular weight excluding hydrogens is 512 g/mol. The van der Waals surface area contributed by atoms with E-state index in [1.165, 1.54) is 4.90 Å². The summed E-state index contributed by atoms with van der Waals surface area (Å²) in [7, 11) is 0. The molecule has 4 aromatic rings. The zero-order valence-electron chi connectivity index (χ0n) is 21.8. The molecule has 0 radical (unpaired) electrons. The van der Waals surface area contributed by atoms with Crippen molar-refractivity contribution in [3.8, 4) is 0 Å². The van der Waals surface area contributed by atoms with Crippen molar-refractivity contribution in [2.45, 2.75) is 57.5 Å². The Hall–Kier alpha value is -4.18. The Bertz CT molecular complexity index is 1520. The highest BCUT2D eigenvalue weighted by atomic mass is 32.1. The standard InChI is InChI=1S/C29H32N6O3S/c1-2-17-10-6-9-15-22(17)35(29(38)26-23(30)24(27(31)36)34-39-26)25(28(37)33-18-11-4-3-5-12-18)20-16-32-21-14-8-7-13-19(20)21/h6-10,13-16,18,25,32H,2-5,11-12,30H2,1H3,(H2,31,36)(H,33,37)/t25-/m0/s1. The zero-order chi connectivity index (χ0) is 27.5. The highest BCUT2D eigenvalue weighted by molar-refractivity contribution is 7.09. The van der Waals surface area contributed by atoms with Crippen LogP contribution in [0.4, 0.5) is 11.4 Å². The van der Waals surface area contributed by atoms with Crippen molar-refractivity contribution in [1.82, 2.24) is 14.7 Å². The number of anilines is 2. The predicted molar refractivity (Wildman–Crippen MR) is 154 cm³/mol. The Morgan fingerprint density at radius 2 is 1.82 bits per heavy atom. The number of benzene rings is 2. The first-order valence-corrected chi connectivity index (χ1v) is 14.0. The molecule has 1 aliphatic carbocycles. The topological polar surface area (TPSA) is 147 Å². The fourth-order valence-corrected chi connectivity index (χ4v) is 6.14. The molecule has 2 heterocycles. The average Bonchev–Trinajstić information content (AvgIpc) is 3.55. The molecule has 2 aromatic heterocycles. The van der Waals surface area contributed by atoms with Crippen molar-refractivity contribution in [1.29, 1.82) is 0 Å². The lowest BCUT2D eigenvalue weighted by Gasteiger charge is -2.34. The van der Waals surface area contributed by atoms with Crippen LogP contribution in [-0.4, -0.2) is 33.1 Å². The lowest BCUT2D eigenvalue weighted by Crippen LogP contribution is -2.47. The monoisotopic (exact) mass is 544 g/mol. The Labute approximate surface area is 230 Å². The highest BCUT2D eigenvalue weighted by Gasteiger charge is 2.38. The number of nitrogens with one attached hydrogen (secondary N) is 2. The molecule has 0 saturated heterocycles. The van der Waals surface area contributed by atoms with Crippen LogP contribution in [0.1, 0.15) is 76.4 Å². The van der Waals surface area contributed by atoms with Gasteiger partial charge in [-0.05, 0) is 48.5 Å². The SMILES string of the molecule is CCc1ccccc1N(C(=O)c1snc(C(N)=O)c1N)[C@H](C(=O)NC1CCCCC1)c1c[nH]c2ccccc12. The summed E-state index contributed by atoms with van der Waals surface area (Å²) in [6.45, 7) is 2.00. The molecule has 1 fully saturated rings. The zero-order valence-corrected chi connectivity index (χ0v) is 22.6. The van der Waals surface area contributed by atoms with Crippen molar-refractivity contribution in [2.24, 2.45) is 5.73 Å². The smallest absolute Gasteiger partial charge is 0.273 e. The van der Waals surface area contributed by atoms with Crippen molar-refractivity contribution in [3.05, 3.63) is 76.4 Å². The number of rotatable bonds is 8. The van der Waals surface area contributed by atoms with Gasteiger partial charge < -0.3 is 21.8 Å². The van der Waals surface area contributed by atoms with Gasteiger partial charge in [0.2, 0.25) is 5.91 Å². The number of amides is 3. The van der Waals surface area contributed by atoms with Gasteiger partial charge in [-0.2, -0.15) is 4.37 Å². The summed E-state index contributed by atoms with van der Waals surface area (Å²) < 4.78 is 4.05. The molecule has 9 nitrogen and oxygen atoms in total. The van der Waals surface area contributed by atoms with Crippen molar-refractivity contribution < 1.29 is 14.4 Å². The van der Waals surface area contributed by atoms with E-state index in [9.17, 15) is 14.4 Å². The molecule has 10 heteroatoms. The molecule has 202 valence electrons. The van der Waals surface area contributed by atoms with Gasteiger partial charge in [-0.25, -0.2) is 0 Å². The molecule has 0 bridgehead atoms. The number of nitrogen functional groups attached to an aromatic ring is 1. The van der Waals surface area contributed by atoms with Crippen LogP contribution in [0.15, 0.2) is 54.7 Å². The molecule has 5 rings (SSSR count). The summed E-state index contributed by atoms with van der Waals surface area (Å²) >= 11 is 0.808. The molecule has 0 spiro atoms. The molecule has 39 heavy (non-hydrogen) atoms. The van der Waals surface area contributed by atoms with Crippen LogP contribution in [0, 0.1) is 0 Å². The third-order valence-electron chi connectivity index (χ3n) is 7.38. The van der Waals surface area contributed by atoms with E-state index in [1.54, 1.807) is 6.20 Å². The minimum atomic E-state index is -1.01. The van der Waals surface area contributed by atoms with E-state index >= 15 is 0 Å². The second-order valence-corrected chi connectivity index (χ2v) is 10.6. The Morgan fingerprint density at radius 3 is 2.54 bits per heavy atom. The van der Waals surface area contributed by atoms with Crippen molar-refractivity contribution >= 4 is 51.5 Å². The van der Waals surface area contributed by atoms with Crippen LogP contribution in [0.5, 0.6) is 0 Å². The molecule has 0 unspecified atom stereocenters. The molecular formula is C29H32N6O3S. The van der Waals surface area contributed by atoms with Gasteiger partial charge in [0, 0.05) is 34.4 Å². The fraction of sp³-hybridized carbons (Fsp3) is 0.310. The van der Waals surface area contributed by atoms with Gasteiger partial charge in [-0.1, -0.05) is 62.6 Å². The number of carbonyl (C=O) groups is 3. The Kier molecular flexibility index (Phi) is 7.65. The molecule has 3 amide bonds. The van der Waals surface area contributed by atoms with E-state index in [4.69, 9.17) is 11.5 Å². The lowest BCUT2D eigenvalue weighted by atomic mass is 9.94. The molecule has 1 atom stereocenters. The summed E-state index contributed by atoms with van der Waals surface area (Å²) in [5.41, 5.74) is 14.4. The third-order valence-corrected chi connectivity index (χ3v) is 8.23. The fourth-order valence-electron chi connectivity index (χ4n) is 5.39. The van der Waals surface area contributed by atoms with Crippen LogP contribution >= 0.6 is 11.5 Å². The minimum Gasteiger partial charge on any atom is -0.395 e. The Balaban J connectivity index is 1.70. The molecule has 1 aliphatic rings. The second kappa shape index (κ2) is 11.3. The summed E-state index contributed by atoms with van der Waals surface area (Å²) in [6.07, 6.45) is 7.48. The Morgan fingerprint density at radius 1 is 1.10 bits per heavy atom. The van der Waals surface area contributed by atoms with E-state index < -0.39 is 17.9 Å². The van der Waals surface area contributed by atoms with Gasteiger partial charge in [-0.15, -0.1) is 0 Å². The quantitative estimate of drug-likeness (QED) is 0.254. The van der Waals surface area contributed by atoms with E-state index in [-0.39, 0.29) is 28.2 Å². The first kappa shape index (κ1) is 26.4. The number of fused-ring (bicyclic) bond motifs is 1. The number of aromatic nitrogens is 2. The number of H-pyrrole nitrogens is 1. The number of para-hydroxylation sites is 2. The third kappa shape index (κ3) is 5.12. The van der Waals surface area contributed by atoms with Crippen LogP contribution in [0.3, 0.4) is 0 Å². The lowest BCUT2D eigenvalue weighted by molar-refractivity contribution is -0.123. The number of hydrogen-bond acceptors (Lipinski definition) is 6. The summed E-state index contributed by atoms with van der Waals surface area (Å²) in [5.74, 6) is -1.61. The van der Waals surface area contributed by atoms with Crippen LogP contribution in [0.2, 0.25) is 0 Å². The number of primary amides is 1. The molecule has 0 aliphatic heterocycles. The van der Waals surface area contributed by atoms with Crippen LogP contribution in [-0.2, 0) is 11.2 Å². The van der Waals surface area contributed by atoms with Crippen LogP contribution in [0.25, 0.3) is 10.9 Å². The molecule has 1 saturated carbocycles. The highest BCUT2D eigenvalue weighted by Crippen LogP contribution is 2.37. The van der Waals surface area contributed by atoms with E-state index in [0.717, 1.165) is 60.1 Å². The van der Waals surface area contributed by atoms with Gasteiger partial charge in [0.15, 0.2) is 5.69 Å².